The molecule has 1 N–H and O–H groups in total. The summed E-state index contributed by atoms with van der Waals surface area (Å²) in [7, 11) is 0. The van der Waals surface area contributed by atoms with Crippen molar-refractivity contribution in [3.8, 4) is 0 Å². The molecule has 0 saturated carbocycles. The van der Waals surface area contributed by atoms with Gasteiger partial charge in [-0.3, -0.25) is 0 Å². The van der Waals surface area contributed by atoms with Gasteiger partial charge < -0.3 is 10.2 Å². The van der Waals surface area contributed by atoms with Crippen molar-refractivity contribution in [3.63, 3.8) is 0 Å². The summed E-state index contributed by atoms with van der Waals surface area (Å²) in [4.78, 5) is 6.14. The molecule has 2 rings (SSSR count). The molecular weight excluding hydrogens is 299 g/mol. The summed E-state index contributed by atoms with van der Waals surface area (Å²) >= 11 is 1.17. The molecule has 0 spiro atoms. The first-order valence-corrected chi connectivity index (χ1v) is 8.05. The van der Waals surface area contributed by atoms with E-state index >= 15 is 0 Å². The van der Waals surface area contributed by atoms with Crippen LogP contribution in [0.15, 0.2) is 0 Å². The second-order valence-electron chi connectivity index (χ2n) is 6.42. The van der Waals surface area contributed by atoms with Crippen LogP contribution in [0.25, 0.3) is 0 Å². The second-order valence-corrected chi connectivity index (χ2v) is 7.48. The molecule has 1 aromatic heterocycles. The highest BCUT2D eigenvalue weighted by Gasteiger charge is 2.38. The zero-order valence-corrected chi connectivity index (χ0v) is 13.5. The largest absolute Gasteiger partial charge is 0.434 e. The zero-order valence-electron chi connectivity index (χ0n) is 12.7. The molecule has 1 fully saturated rings. The van der Waals surface area contributed by atoms with Crippen LogP contribution >= 0.6 is 11.3 Å². The van der Waals surface area contributed by atoms with Gasteiger partial charge in [0.05, 0.1) is 4.88 Å². The Bertz CT molecular complexity index is 471. The van der Waals surface area contributed by atoms with Crippen LogP contribution in [0.5, 0.6) is 0 Å². The number of alkyl halides is 3. The minimum Gasteiger partial charge on any atom is -0.348 e. The quantitative estimate of drug-likeness (QED) is 0.910. The Morgan fingerprint density at radius 2 is 1.76 bits per heavy atom. The molecular formula is C14H22F3N3S. The smallest absolute Gasteiger partial charge is 0.348 e. The fourth-order valence-corrected chi connectivity index (χ4v) is 3.32. The van der Waals surface area contributed by atoms with Gasteiger partial charge in [-0.05, 0) is 40.0 Å². The number of hydrogen-bond donors (Lipinski definition) is 1. The molecule has 1 aliphatic heterocycles. The third-order valence-corrected chi connectivity index (χ3v) is 4.48. The lowest BCUT2D eigenvalue weighted by molar-refractivity contribution is -0.141. The summed E-state index contributed by atoms with van der Waals surface area (Å²) in [6, 6.07) is 0. The van der Waals surface area contributed by atoms with E-state index in [-0.39, 0.29) is 17.0 Å². The van der Waals surface area contributed by atoms with Gasteiger partial charge in [-0.2, -0.15) is 13.2 Å². The highest BCUT2D eigenvalue weighted by atomic mass is 32.1. The van der Waals surface area contributed by atoms with Crippen molar-refractivity contribution in [2.45, 2.75) is 58.3 Å². The van der Waals surface area contributed by atoms with Crippen LogP contribution in [0.4, 0.5) is 18.3 Å². The fraction of sp³-hybridized carbons (Fsp3) is 0.786. The topological polar surface area (TPSA) is 28.2 Å². The highest BCUT2D eigenvalue weighted by molar-refractivity contribution is 7.15. The molecule has 0 atom stereocenters. The van der Waals surface area contributed by atoms with Gasteiger partial charge in [-0.25, -0.2) is 4.98 Å². The summed E-state index contributed by atoms with van der Waals surface area (Å²) in [5.41, 5.74) is -0.956. The first kappa shape index (κ1) is 16.5. The molecule has 1 saturated heterocycles. The van der Waals surface area contributed by atoms with E-state index in [4.69, 9.17) is 0 Å². The van der Waals surface area contributed by atoms with Crippen LogP contribution in [-0.2, 0) is 12.7 Å². The van der Waals surface area contributed by atoms with Gasteiger partial charge in [0.25, 0.3) is 0 Å². The number of piperidine rings is 1. The van der Waals surface area contributed by atoms with Crippen LogP contribution in [0.1, 0.15) is 50.6 Å². The third kappa shape index (κ3) is 4.57. The van der Waals surface area contributed by atoms with Crippen molar-refractivity contribution in [1.29, 1.82) is 0 Å². The summed E-state index contributed by atoms with van der Waals surface area (Å²) in [5, 5.41) is 3.63. The molecule has 0 unspecified atom stereocenters. The molecule has 120 valence electrons. The van der Waals surface area contributed by atoms with Crippen molar-refractivity contribution >= 4 is 16.5 Å². The molecule has 0 aliphatic carbocycles. The van der Waals surface area contributed by atoms with E-state index in [0.29, 0.717) is 5.13 Å². The number of halogens is 3. The van der Waals surface area contributed by atoms with Gasteiger partial charge in [0.15, 0.2) is 10.8 Å². The first-order valence-electron chi connectivity index (χ1n) is 7.24. The van der Waals surface area contributed by atoms with E-state index in [1.54, 1.807) is 0 Å². The number of nitrogens with zero attached hydrogens (tertiary/aromatic N) is 2. The van der Waals surface area contributed by atoms with Gasteiger partial charge in [-0.15, -0.1) is 0 Å². The van der Waals surface area contributed by atoms with Gasteiger partial charge in [0.2, 0.25) is 0 Å². The van der Waals surface area contributed by atoms with Crippen LogP contribution in [0.3, 0.4) is 0 Å². The van der Waals surface area contributed by atoms with Gasteiger partial charge >= 0.3 is 6.18 Å². The number of nitrogens with one attached hydrogen (secondary N) is 1. The maximum atomic E-state index is 13.1. The molecule has 2 heterocycles. The summed E-state index contributed by atoms with van der Waals surface area (Å²) in [6.07, 6.45) is -1.20. The van der Waals surface area contributed by atoms with E-state index in [0.717, 1.165) is 32.4 Å². The molecule has 0 bridgehead atoms. The highest BCUT2D eigenvalue weighted by Crippen LogP contribution is 2.38. The van der Waals surface area contributed by atoms with Crippen LogP contribution in [-0.4, -0.2) is 23.6 Å². The van der Waals surface area contributed by atoms with Crippen LogP contribution < -0.4 is 10.2 Å². The minimum atomic E-state index is -4.39. The number of rotatable bonds is 3. The lowest BCUT2D eigenvalue weighted by Gasteiger charge is -2.25. The molecule has 7 heteroatoms. The molecule has 0 amide bonds. The molecule has 0 radical (unpaired) electrons. The fourth-order valence-electron chi connectivity index (χ4n) is 2.25. The van der Waals surface area contributed by atoms with Crippen LogP contribution in [0, 0.1) is 0 Å². The standard InChI is InChI=1S/C14H22F3N3S/c1-13(2,3)18-9-10-11(14(15,16)17)19-12(21-10)20-7-5-4-6-8-20/h18H,4-9H2,1-3H3. The number of aromatic nitrogens is 1. The molecule has 1 aliphatic rings. The van der Waals surface area contributed by atoms with E-state index in [1.165, 1.54) is 11.3 Å². The average molecular weight is 321 g/mol. The molecule has 3 nitrogen and oxygen atoms in total. The van der Waals surface area contributed by atoms with Crippen LogP contribution in [0.2, 0.25) is 0 Å². The Balaban J connectivity index is 2.22. The Labute approximate surface area is 127 Å². The molecule has 1 aromatic rings. The lowest BCUT2D eigenvalue weighted by Crippen LogP contribution is -2.35. The molecule has 21 heavy (non-hydrogen) atoms. The average Bonchev–Trinajstić information content (AvgIpc) is 2.81. The number of thiazole rings is 1. The monoisotopic (exact) mass is 321 g/mol. The summed E-state index contributed by atoms with van der Waals surface area (Å²) < 4.78 is 39.4. The number of hydrogen-bond acceptors (Lipinski definition) is 4. The van der Waals surface area contributed by atoms with Gasteiger partial charge in [0, 0.05) is 25.2 Å². The van der Waals surface area contributed by atoms with Gasteiger partial charge in [0.1, 0.15) is 0 Å². The number of anilines is 1. The van der Waals surface area contributed by atoms with Gasteiger partial charge in [-0.1, -0.05) is 11.3 Å². The van der Waals surface area contributed by atoms with Crippen molar-refractivity contribution in [2.75, 3.05) is 18.0 Å². The zero-order chi connectivity index (χ0) is 15.7. The van der Waals surface area contributed by atoms with E-state index in [1.807, 2.05) is 25.7 Å². The summed E-state index contributed by atoms with van der Waals surface area (Å²) in [6.45, 7) is 7.62. The Hall–Kier alpha value is -0.820. The minimum absolute atomic E-state index is 0.198. The van der Waals surface area contributed by atoms with Crippen molar-refractivity contribution in [3.05, 3.63) is 10.6 Å². The Kier molecular flexibility index (Phi) is 4.82. The second kappa shape index (κ2) is 6.12. The van der Waals surface area contributed by atoms with Crippen molar-refractivity contribution in [2.24, 2.45) is 0 Å². The predicted molar refractivity (Wildman–Crippen MR) is 79.8 cm³/mol. The van der Waals surface area contributed by atoms with Crippen molar-refractivity contribution in [1.82, 2.24) is 10.3 Å². The molecule has 0 aromatic carbocycles. The maximum absolute atomic E-state index is 13.1. The summed E-state index contributed by atoms with van der Waals surface area (Å²) in [5.74, 6) is 0. The Morgan fingerprint density at radius 3 is 2.29 bits per heavy atom. The lowest BCUT2D eigenvalue weighted by atomic mass is 10.1. The van der Waals surface area contributed by atoms with E-state index < -0.39 is 11.9 Å². The van der Waals surface area contributed by atoms with E-state index in [2.05, 4.69) is 10.3 Å². The third-order valence-electron chi connectivity index (χ3n) is 3.36. The SMILES string of the molecule is CC(C)(C)NCc1sc(N2CCCCC2)nc1C(F)(F)F. The first-order chi connectivity index (χ1) is 9.67. The normalized spacial score (nSPS) is 17.3. The van der Waals surface area contributed by atoms with Crippen molar-refractivity contribution < 1.29 is 13.2 Å². The Morgan fingerprint density at radius 1 is 1.14 bits per heavy atom. The predicted octanol–water partition coefficient (Wildman–Crippen LogP) is 4.04. The maximum Gasteiger partial charge on any atom is 0.434 e. The van der Waals surface area contributed by atoms with E-state index in [9.17, 15) is 13.2 Å².